The number of aryl methyl sites for hydroxylation is 2. The van der Waals surface area contributed by atoms with Gasteiger partial charge in [-0.05, 0) is 78.6 Å². The second kappa shape index (κ2) is 11.1. The third-order valence-corrected chi connectivity index (χ3v) is 9.58. The Hall–Kier alpha value is -4.35. The molecular weight excluding hydrogens is 569 g/mol. The Labute approximate surface area is 249 Å². The third kappa shape index (κ3) is 5.57. The van der Waals surface area contributed by atoms with E-state index < -0.39 is 15.8 Å². The number of carbonyl (C=O) groups is 1. The van der Waals surface area contributed by atoms with Crippen molar-refractivity contribution in [2.24, 2.45) is 0 Å². The Bertz CT molecular complexity index is 1890. The molecule has 2 N–H and O–H groups in total. The van der Waals surface area contributed by atoms with E-state index in [0.29, 0.717) is 36.3 Å². The van der Waals surface area contributed by atoms with Gasteiger partial charge in [0.15, 0.2) is 17.3 Å². The average Bonchev–Trinajstić information content (AvgIpc) is 3.56. The Morgan fingerprint density at radius 1 is 1.07 bits per heavy atom. The van der Waals surface area contributed by atoms with Crippen LogP contribution in [0.2, 0.25) is 0 Å². The molecule has 43 heavy (non-hydrogen) atoms. The summed E-state index contributed by atoms with van der Waals surface area (Å²) in [4.78, 5) is 17.9. The van der Waals surface area contributed by atoms with Gasteiger partial charge < -0.3 is 10.5 Å². The third-order valence-electron chi connectivity index (χ3n) is 8.28. The van der Waals surface area contributed by atoms with Crippen molar-refractivity contribution in [3.63, 3.8) is 0 Å². The molecule has 2 aliphatic rings. The Balaban J connectivity index is 1.18. The summed E-state index contributed by atoms with van der Waals surface area (Å²) < 4.78 is 46.5. The summed E-state index contributed by atoms with van der Waals surface area (Å²) in [7, 11) is -3.18. The molecule has 2 aromatic carbocycles. The van der Waals surface area contributed by atoms with Gasteiger partial charge in [-0.1, -0.05) is 24.3 Å². The number of ether oxygens (including phenoxy) is 1. The van der Waals surface area contributed by atoms with Gasteiger partial charge in [-0.3, -0.25) is 4.79 Å². The molecule has 1 aliphatic carbocycles. The number of aromatic nitrogens is 3. The Kier molecular flexibility index (Phi) is 7.39. The first kappa shape index (κ1) is 28.8. The molecule has 6 rings (SSSR count). The molecule has 222 valence electrons. The van der Waals surface area contributed by atoms with Gasteiger partial charge in [-0.2, -0.15) is 5.10 Å². The van der Waals surface area contributed by atoms with Crippen LogP contribution in [0.1, 0.15) is 56.9 Å². The number of hydrogen-bond donors (Lipinski definition) is 1. The second-order valence-electron chi connectivity index (χ2n) is 11.2. The predicted octanol–water partition coefficient (Wildman–Crippen LogP) is 5.36. The quantitative estimate of drug-likeness (QED) is 0.283. The van der Waals surface area contributed by atoms with Crippen LogP contribution in [0.25, 0.3) is 11.8 Å². The van der Waals surface area contributed by atoms with Crippen LogP contribution >= 0.6 is 0 Å². The number of ketones is 1. The maximum absolute atomic E-state index is 14.0. The molecule has 1 aliphatic heterocycles. The number of nitrogens with zero attached hydrogens (tertiary/aromatic N) is 4. The first-order valence-electron chi connectivity index (χ1n) is 14.1. The summed E-state index contributed by atoms with van der Waals surface area (Å²) in [5.74, 6) is 0.0826. The highest BCUT2D eigenvalue weighted by molar-refractivity contribution is 7.88. The number of pyridine rings is 1. The molecule has 11 heteroatoms. The number of allylic oxidation sites excluding steroid dienone is 1. The molecule has 1 fully saturated rings. The smallest absolute Gasteiger partial charge is 0.219 e. The van der Waals surface area contributed by atoms with Crippen molar-refractivity contribution in [1.82, 2.24) is 19.1 Å². The van der Waals surface area contributed by atoms with Gasteiger partial charge in [0, 0.05) is 31.1 Å². The van der Waals surface area contributed by atoms with Crippen LogP contribution in [0, 0.1) is 19.7 Å². The topological polar surface area (TPSA) is 120 Å². The van der Waals surface area contributed by atoms with Crippen LogP contribution in [0.4, 0.5) is 10.2 Å². The van der Waals surface area contributed by atoms with E-state index in [-0.39, 0.29) is 29.1 Å². The molecule has 3 heterocycles. The molecule has 0 unspecified atom stereocenters. The number of sulfonamides is 1. The van der Waals surface area contributed by atoms with Crippen molar-refractivity contribution >= 4 is 27.7 Å². The lowest BCUT2D eigenvalue weighted by molar-refractivity contribution is 0.103. The van der Waals surface area contributed by atoms with Gasteiger partial charge in [0.05, 0.1) is 29.9 Å². The first-order valence-corrected chi connectivity index (χ1v) is 15.9. The number of benzene rings is 2. The SMILES string of the molecule is Cc1cc2c(cc1C1CCN(S(C)(=O)=O)CC1)CC(C(=O)c1cnn(-c3cnc(Oc4ccccc4F)cc3C)c1N)=C2. The van der Waals surface area contributed by atoms with Gasteiger partial charge in [0.2, 0.25) is 15.9 Å². The van der Waals surface area contributed by atoms with Crippen LogP contribution in [-0.2, 0) is 16.4 Å². The van der Waals surface area contributed by atoms with E-state index >= 15 is 0 Å². The lowest BCUT2D eigenvalue weighted by Gasteiger charge is -2.31. The van der Waals surface area contributed by atoms with Crippen molar-refractivity contribution in [3.8, 4) is 17.3 Å². The van der Waals surface area contributed by atoms with E-state index in [4.69, 9.17) is 10.5 Å². The fourth-order valence-corrected chi connectivity index (χ4v) is 6.82. The zero-order valence-corrected chi connectivity index (χ0v) is 25.0. The van der Waals surface area contributed by atoms with Gasteiger partial charge in [-0.25, -0.2) is 26.8 Å². The zero-order valence-electron chi connectivity index (χ0n) is 24.2. The number of para-hydroxylation sites is 1. The number of fused-ring (bicyclic) bond motifs is 1. The lowest BCUT2D eigenvalue weighted by Crippen LogP contribution is -2.37. The number of anilines is 1. The van der Waals surface area contributed by atoms with Gasteiger partial charge in [-0.15, -0.1) is 0 Å². The van der Waals surface area contributed by atoms with Crippen LogP contribution < -0.4 is 10.5 Å². The van der Waals surface area contributed by atoms with Gasteiger partial charge >= 0.3 is 0 Å². The summed E-state index contributed by atoms with van der Waals surface area (Å²) in [5, 5.41) is 4.38. The van der Waals surface area contributed by atoms with Gasteiger partial charge in [0.25, 0.3) is 0 Å². The lowest BCUT2D eigenvalue weighted by atomic mass is 9.85. The molecule has 0 spiro atoms. The Morgan fingerprint density at radius 3 is 2.51 bits per heavy atom. The number of piperidine rings is 1. The molecular formula is C32H32FN5O4S. The maximum Gasteiger partial charge on any atom is 0.219 e. The highest BCUT2D eigenvalue weighted by Crippen LogP contribution is 2.37. The number of carbonyl (C=O) groups excluding carboxylic acids is 1. The number of halogens is 1. The van der Waals surface area contributed by atoms with Crippen LogP contribution in [-0.4, -0.2) is 52.6 Å². The monoisotopic (exact) mass is 601 g/mol. The highest BCUT2D eigenvalue weighted by Gasteiger charge is 2.29. The van der Waals surface area contributed by atoms with Crippen molar-refractivity contribution in [3.05, 3.63) is 99.6 Å². The summed E-state index contributed by atoms with van der Waals surface area (Å²) in [6.45, 7) is 4.93. The zero-order chi connectivity index (χ0) is 30.5. The molecule has 2 aromatic heterocycles. The average molecular weight is 602 g/mol. The standard InChI is InChI=1S/C32H32FN5O4S/c1-19-12-22-14-24(15-23(22)16-25(19)21-8-10-37(11-9-21)43(3,40)41)31(39)26-17-36-38(32(26)34)28-18-35-30(13-20(28)2)42-29-7-5-4-6-27(29)33/h4-7,12-14,16-18,21H,8-11,15,34H2,1-3H3. The second-order valence-corrected chi connectivity index (χ2v) is 13.2. The van der Waals surface area contributed by atoms with Crippen LogP contribution in [0.5, 0.6) is 11.6 Å². The van der Waals surface area contributed by atoms with Crippen molar-refractivity contribution in [2.75, 3.05) is 25.1 Å². The summed E-state index contributed by atoms with van der Waals surface area (Å²) in [6.07, 6.45) is 8.19. The van der Waals surface area contributed by atoms with E-state index in [1.165, 1.54) is 41.0 Å². The number of rotatable bonds is 7. The molecule has 0 radical (unpaired) electrons. The van der Waals surface area contributed by atoms with Crippen molar-refractivity contribution < 1.29 is 22.3 Å². The minimum atomic E-state index is -3.18. The van der Waals surface area contributed by atoms with E-state index in [0.717, 1.165) is 35.1 Å². The summed E-state index contributed by atoms with van der Waals surface area (Å²) >= 11 is 0. The van der Waals surface area contributed by atoms with E-state index in [9.17, 15) is 17.6 Å². The van der Waals surface area contributed by atoms with Crippen LogP contribution in [0.3, 0.4) is 0 Å². The number of Topliss-reactive ketones (excluding diaryl/α,β-unsaturated/α-hetero) is 1. The first-order chi connectivity index (χ1) is 20.5. The molecule has 0 bridgehead atoms. The number of nitrogens with two attached hydrogens (primary N) is 1. The maximum atomic E-state index is 14.0. The normalized spacial score (nSPS) is 15.8. The molecule has 0 saturated carbocycles. The molecule has 9 nitrogen and oxygen atoms in total. The van der Waals surface area contributed by atoms with E-state index in [2.05, 4.69) is 29.1 Å². The van der Waals surface area contributed by atoms with Crippen molar-refractivity contribution in [2.45, 2.75) is 39.0 Å². The van der Waals surface area contributed by atoms with Crippen molar-refractivity contribution in [1.29, 1.82) is 0 Å². The predicted molar refractivity (Wildman–Crippen MR) is 163 cm³/mol. The minimum absolute atomic E-state index is 0.0686. The molecule has 1 saturated heterocycles. The van der Waals surface area contributed by atoms with E-state index in [1.54, 1.807) is 22.5 Å². The fourth-order valence-electron chi connectivity index (χ4n) is 5.95. The van der Waals surface area contributed by atoms with Gasteiger partial charge in [0.1, 0.15) is 5.82 Å². The Morgan fingerprint density at radius 2 is 1.81 bits per heavy atom. The number of hydrogen-bond acceptors (Lipinski definition) is 7. The molecule has 4 aromatic rings. The largest absolute Gasteiger partial charge is 0.436 e. The van der Waals surface area contributed by atoms with E-state index in [1.807, 2.05) is 13.0 Å². The summed E-state index contributed by atoms with van der Waals surface area (Å²) in [6, 6.07) is 12.0. The fraction of sp³-hybridized carbons (Fsp3) is 0.281. The van der Waals surface area contributed by atoms with Crippen LogP contribution in [0.15, 0.2) is 60.4 Å². The summed E-state index contributed by atoms with van der Waals surface area (Å²) in [5.41, 5.74) is 13.1. The molecule has 0 amide bonds. The minimum Gasteiger partial charge on any atom is -0.436 e. The molecule has 0 atom stereocenters. The highest BCUT2D eigenvalue weighted by atomic mass is 32.2. The number of nitrogen functional groups attached to an aromatic ring is 1.